The SMILES string of the molecule is CC[C@@]1(O)C(=C=O)OCC2=C1C=C1C3=C(CN1C2=C=O)N(C)c1c(OCC(=O)OC(C)(C)C)cc(F)cc1C3=C=O. The number of rotatable bonds is 4. The van der Waals surface area contributed by atoms with Crippen molar-refractivity contribution >= 4 is 35.1 Å². The van der Waals surface area contributed by atoms with Crippen LogP contribution in [0.4, 0.5) is 10.1 Å². The van der Waals surface area contributed by atoms with Crippen LogP contribution in [-0.2, 0) is 28.7 Å². The summed E-state index contributed by atoms with van der Waals surface area (Å²) in [5.41, 5.74) is -0.191. The Kier molecular flexibility index (Phi) is 6.65. The molecule has 5 rings (SSSR count). The van der Waals surface area contributed by atoms with E-state index >= 15 is 0 Å². The smallest absolute Gasteiger partial charge is 0.344 e. The molecule has 1 atom stereocenters. The van der Waals surface area contributed by atoms with E-state index in [9.17, 15) is 28.7 Å². The van der Waals surface area contributed by atoms with E-state index in [0.29, 0.717) is 28.2 Å². The quantitative estimate of drug-likeness (QED) is 0.433. The number of esters is 1. The standard InChI is InChI=1S/C30H27FN2O8/c1-6-30(38)20-9-21-27-18(11-34)17-7-16(31)8-24(39-15-26(37)41-29(2,3)4)28(17)32(5)22(27)10-33(21)23(12-35)19(20)14-40-25(30)13-36/h7-9,38H,6,10,14-15H2,1-5H3/t30-/m0/s1. The highest BCUT2D eigenvalue weighted by Gasteiger charge is 2.49. The fraction of sp³-hybridized carbons (Fsp3) is 0.367. The van der Waals surface area contributed by atoms with Gasteiger partial charge in [0, 0.05) is 41.1 Å². The van der Waals surface area contributed by atoms with Crippen molar-refractivity contribution in [3.8, 4) is 5.75 Å². The number of fused-ring (bicyclic) bond motifs is 3. The van der Waals surface area contributed by atoms with Crippen molar-refractivity contribution in [2.75, 3.05) is 31.7 Å². The van der Waals surface area contributed by atoms with Crippen LogP contribution in [-0.4, -0.2) is 71.8 Å². The van der Waals surface area contributed by atoms with Crippen LogP contribution in [0.25, 0.3) is 5.57 Å². The largest absolute Gasteiger partial charge is 0.480 e. The molecule has 212 valence electrons. The molecule has 41 heavy (non-hydrogen) atoms. The molecule has 11 heteroatoms. The third kappa shape index (κ3) is 4.32. The number of aliphatic hydroxyl groups is 1. The molecule has 0 radical (unpaired) electrons. The zero-order chi connectivity index (χ0) is 29.9. The molecule has 10 nitrogen and oxygen atoms in total. The van der Waals surface area contributed by atoms with Gasteiger partial charge in [-0.25, -0.2) is 23.6 Å². The van der Waals surface area contributed by atoms with Crippen LogP contribution < -0.4 is 9.64 Å². The van der Waals surface area contributed by atoms with Gasteiger partial charge in [0.25, 0.3) is 0 Å². The van der Waals surface area contributed by atoms with Gasteiger partial charge in [-0.2, -0.15) is 0 Å². The molecule has 0 fully saturated rings. The molecule has 0 aromatic heterocycles. The third-order valence-corrected chi connectivity index (χ3v) is 7.36. The summed E-state index contributed by atoms with van der Waals surface area (Å²) >= 11 is 0. The van der Waals surface area contributed by atoms with Gasteiger partial charge in [-0.1, -0.05) is 6.92 Å². The average molecular weight is 563 g/mol. The van der Waals surface area contributed by atoms with Crippen molar-refractivity contribution < 1.29 is 42.9 Å². The summed E-state index contributed by atoms with van der Waals surface area (Å²) in [6, 6.07) is 2.27. The van der Waals surface area contributed by atoms with E-state index in [1.54, 1.807) is 56.6 Å². The van der Waals surface area contributed by atoms with Crippen LogP contribution in [0.15, 0.2) is 57.8 Å². The minimum Gasteiger partial charge on any atom is -0.480 e. The van der Waals surface area contributed by atoms with E-state index in [1.807, 2.05) is 11.9 Å². The summed E-state index contributed by atoms with van der Waals surface area (Å²) < 4.78 is 31.3. The van der Waals surface area contributed by atoms with Gasteiger partial charge in [0.1, 0.15) is 35.4 Å². The van der Waals surface area contributed by atoms with E-state index < -0.39 is 29.6 Å². The first-order valence-electron chi connectivity index (χ1n) is 12.9. The second-order valence-electron chi connectivity index (χ2n) is 10.9. The number of halogens is 1. The number of allylic oxidation sites excluding steroid dienone is 1. The summed E-state index contributed by atoms with van der Waals surface area (Å²) in [7, 11) is 1.68. The van der Waals surface area contributed by atoms with Gasteiger partial charge in [-0.3, -0.25) is 0 Å². The van der Waals surface area contributed by atoms with Gasteiger partial charge >= 0.3 is 5.97 Å². The number of carbonyl (C=O) groups excluding carboxylic acids is 4. The van der Waals surface area contributed by atoms with Crippen LogP contribution in [0.5, 0.6) is 5.75 Å². The Morgan fingerprint density at radius 3 is 2.54 bits per heavy atom. The van der Waals surface area contributed by atoms with E-state index in [-0.39, 0.29) is 53.5 Å². The molecule has 4 aliphatic rings. The normalized spacial score (nSPS) is 21.1. The molecule has 0 amide bonds. The molecular formula is C30H27FN2O8. The topological polar surface area (TPSA) is 123 Å². The lowest BCUT2D eigenvalue weighted by molar-refractivity contribution is -0.157. The van der Waals surface area contributed by atoms with Crippen LogP contribution >= 0.6 is 0 Å². The van der Waals surface area contributed by atoms with Crippen molar-refractivity contribution in [2.24, 2.45) is 0 Å². The third-order valence-electron chi connectivity index (χ3n) is 7.36. The zero-order valence-corrected chi connectivity index (χ0v) is 23.1. The molecule has 4 aliphatic heterocycles. The molecule has 1 aromatic rings. The van der Waals surface area contributed by atoms with Gasteiger partial charge < -0.3 is 29.1 Å². The molecule has 1 N–H and O–H groups in total. The van der Waals surface area contributed by atoms with Crippen LogP contribution in [0.3, 0.4) is 0 Å². The molecule has 0 bridgehead atoms. The molecule has 0 saturated carbocycles. The van der Waals surface area contributed by atoms with Crippen molar-refractivity contribution in [1.29, 1.82) is 0 Å². The number of benzene rings is 1. The van der Waals surface area contributed by atoms with Gasteiger partial charge in [0.15, 0.2) is 24.1 Å². The van der Waals surface area contributed by atoms with Crippen molar-refractivity contribution in [3.63, 3.8) is 0 Å². The van der Waals surface area contributed by atoms with Gasteiger partial charge in [0.05, 0.1) is 23.5 Å². The molecular weight excluding hydrogens is 535 g/mol. The highest BCUT2D eigenvalue weighted by Crippen LogP contribution is 2.53. The zero-order valence-electron chi connectivity index (χ0n) is 23.1. The summed E-state index contributed by atoms with van der Waals surface area (Å²) in [5, 5.41) is 11.4. The average Bonchev–Trinajstić information content (AvgIpc) is 3.29. The highest BCUT2D eigenvalue weighted by atomic mass is 19.1. The fourth-order valence-electron chi connectivity index (χ4n) is 5.59. The Morgan fingerprint density at radius 2 is 1.93 bits per heavy atom. The Bertz CT molecular complexity index is 1640. The van der Waals surface area contributed by atoms with Crippen molar-refractivity contribution in [3.05, 3.63) is 69.2 Å². The predicted octanol–water partition coefficient (Wildman–Crippen LogP) is 2.58. The number of carbonyl (C=O) groups is 1. The van der Waals surface area contributed by atoms with Gasteiger partial charge in [-0.15, -0.1) is 0 Å². The predicted molar refractivity (Wildman–Crippen MR) is 144 cm³/mol. The van der Waals surface area contributed by atoms with Gasteiger partial charge in [-0.05, 0) is 39.3 Å². The van der Waals surface area contributed by atoms with Crippen molar-refractivity contribution in [2.45, 2.75) is 45.3 Å². The Labute approximate surface area is 234 Å². The second-order valence-corrected chi connectivity index (χ2v) is 10.9. The van der Waals surface area contributed by atoms with E-state index in [0.717, 1.165) is 12.1 Å². The maximum atomic E-state index is 14.9. The highest BCUT2D eigenvalue weighted by molar-refractivity contribution is 6.07. The Morgan fingerprint density at radius 1 is 1.20 bits per heavy atom. The van der Waals surface area contributed by atoms with Crippen LogP contribution in [0.1, 0.15) is 39.7 Å². The number of nitrogens with zero attached hydrogens (tertiary/aromatic N) is 2. The fourth-order valence-corrected chi connectivity index (χ4v) is 5.59. The minimum absolute atomic E-state index is 0.00369. The first-order valence-corrected chi connectivity index (χ1v) is 12.9. The first kappa shape index (κ1) is 27.9. The lowest BCUT2D eigenvalue weighted by atomic mass is 9.79. The number of anilines is 1. The summed E-state index contributed by atoms with van der Waals surface area (Å²) in [6.45, 7) is 6.21. The Hall–Kier alpha value is -4.65. The second kappa shape index (κ2) is 9.77. The van der Waals surface area contributed by atoms with Crippen molar-refractivity contribution in [1.82, 2.24) is 4.90 Å². The number of likely N-dealkylation sites (N-methyl/N-ethyl adjacent to an activating group) is 1. The summed E-state index contributed by atoms with van der Waals surface area (Å²) in [4.78, 5) is 52.0. The minimum atomic E-state index is -1.86. The van der Waals surface area contributed by atoms with Crippen LogP contribution in [0, 0.1) is 5.82 Å². The molecule has 1 aromatic carbocycles. The van der Waals surface area contributed by atoms with Gasteiger partial charge in [0.2, 0.25) is 5.76 Å². The number of ether oxygens (including phenoxy) is 3. The summed E-state index contributed by atoms with van der Waals surface area (Å²) in [5.74, 6) is 3.80. The Balaban J connectivity index is 1.63. The lowest BCUT2D eigenvalue weighted by Crippen LogP contribution is -2.42. The van der Waals surface area contributed by atoms with E-state index in [2.05, 4.69) is 0 Å². The molecule has 0 aliphatic carbocycles. The van der Waals surface area contributed by atoms with E-state index in [1.165, 1.54) is 0 Å². The van der Waals surface area contributed by atoms with Crippen LogP contribution in [0.2, 0.25) is 0 Å². The lowest BCUT2D eigenvalue weighted by Gasteiger charge is -2.39. The molecule has 0 unspecified atom stereocenters. The van der Waals surface area contributed by atoms with E-state index in [4.69, 9.17) is 14.2 Å². The molecule has 4 heterocycles. The monoisotopic (exact) mass is 562 g/mol. The number of hydrogen-bond donors (Lipinski definition) is 1. The molecule has 0 spiro atoms. The molecule has 0 saturated heterocycles. The first-order chi connectivity index (χ1) is 19.4. The summed E-state index contributed by atoms with van der Waals surface area (Å²) in [6.07, 6.45) is 1.64. The maximum Gasteiger partial charge on any atom is 0.344 e. The number of hydrogen-bond acceptors (Lipinski definition) is 10. The maximum absolute atomic E-state index is 14.9.